The molecule has 35 heavy (non-hydrogen) atoms. The Kier molecular flexibility index (Phi) is 6.59. The Morgan fingerprint density at radius 2 is 1.37 bits per heavy atom. The van der Waals surface area contributed by atoms with Crippen molar-refractivity contribution in [1.29, 1.82) is 0 Å². The maximum absolute atomic E-state index is 13.0. The third-order valence-electron chi connectivity index (χ3n) is 6.68. The Hall–Kier alpha value is -2.84. The van der Waals surface area contributed by atoms with Crippen molar-refractivity contribution >= 4 is 71.9 Å². The number of nitrogens with zero attached hydrogens (tertiary/aromatic N) is 1. The van der Waals surface area contributed by atoms with E-state index in [-0.39, 0.29) is 51.3 Å². The number of Topliss-reactive ketones (excluding diaryl/α,β-unsaturated/α-hetero) is 1. The number of fused-ring (bicyclic) bond motifs is 2. The maximum atomic E-state index is 13.0. The number of imide groups is 1. The lowest BCUT2D eigenvalue weighted by Gasteiger charge is -2.29. The average molecular weight is 599 g/mol. The molecule has 3 aromatic rings. The quantitative estimate of drug-likeness (QED) is 0.172. The van der Waals surface area contributed by atoms with Crippen molar-refractivity contribution in [3.05, 3.63) is 77.9 Å². The first kappa shape index (κ1) is 23.9. The number of carbonyl (C=O) groups excluding carboxylic acids is 4. The topological polar surface area (TPSA) is 80.8 Å². The number of carbonyl (C=O) groups is 4. The van der Waals surface area contributed by atoms with Gasteiger partial charge in [0.2, 0.25) is 11.8 Å². The Morgan fingerprint density at radius 3 is 2.00 bits per heavy atom. The second-order valence-corrected chi connectivity index (χ2v) is 11.2. The number of hydrogen-bond donors (Lipinski definition) is 0. The van der Waals surface area contributed by atoms with Crippen LogP contribution in [0, 0.1) is 11.8 Å². The van der Waals surface area contributed by atoms with Gasteiger partial charge in [-0.05, 0) is 53.9 Å². The number of benzene rings is 3. The highest BCUT2D eigenvalue weighted by atomic mass is 79.9. The highest BCUT2D eigenvalue weighted by molar-refractivity contribution is 9.12. The minimum absolute atomic E-state index is 0.134. The Morgan fingerprint density at radius 1 is 0.800 bits per heavy atom. The standard InChI is InChI=1S/C27H21Br2NO5/c28-22-12-20-21(13-23(22)29)26(33)30(25(20)32)19-9-7-16(8-10-19)27(34)35-14-24(31)18-6-5-15-3-1-2-4-17(15)11-18/h1-11,20-23H,12-14H2/t20-,21+,22-,23-/m1/s1. The number of amides is 2. The zero-order valence-electron chi connectivity index (χ0n) is 18.5. The average Bonchev–Trinajstić information content (AvgIpc) is 3.11. The molecule has 1 saturated heterocycles. The lowest BCUT2D eigenvalue weighted by molar-refractivity contribution is -0.122. The number of alkyl halides is 2. The molecule has 0 unspecified atom stereocenters. The number of ketones is 1. The summed E-state index contributed by atoms with van der Waals surface area (Å²) in [6.07, 6.45) is 1.19. The van der Waals surface area contributed by atoms with Gasteiger partial charge in [-0.2, -0.15) is 0 Å². The summed E-state index contributed by atoms with van der Waals surface area (Å²) in [5.74, 6) is -2.05. The van der Waals surface area contributed by atoms with Gasteiger partial charge in [-0.3, -0.25) is 19.3 Å². The summed E-state index contributed by atoms with van der Waals surface area (Å²) in [4.78, 5) is 52.4. The van der Waals surface area contributed by atoms with Crippen LogP contribution in [0.1, 0.15) is 33.6 Å². The van der Waals surface area contributed by atoms with Gasteiger partial charge in [-0.25, -0.2) is 4.79 Å². The zero-order chi connectivity index (χ0) is 24.7. The van der Waals surface area contributed by atoms with Crippen LogP contribution in [0.15, 0.2) is 66.7 Å². The Labute approximate surface area is 218 Å². The van der Waals surface area contributed by atoms with E-state index in [0.717, 1.165) is 10.8 Å². The Balaban J connectivity index is 1.24. The van der Waals surface area contributed by atoms with Crippen LogP contribution in [0.25, 0.3) is 10.8 Å². The summed E-state index contributed by atoms with van der Waals surface area (Å²) in [6.45, 7) is -0.382. The molecule has 5 rings (SSSR count). The van der Waals surface area contributed by atoms with Gasteiger partial charge in [0.1, 0.15) is 0 Å². The van der Waals surface area contributed by atoms with Gasteiger partial charge in [-0.1, -0.05) is 68.3 Å². The van der Waals surface area contributed by atoms with Crippen LogP contribution in [-0.4, -0.2) is 39.8 Å². The molecule has 4 atom stereocenters. The minimum atomic E-state index is -0.650. The fraction of sp³-hybridized carbons (Fsp3) is 0.259. The predicted octanol–water partition coefficient (Wildman–Crippen LogP) is 5.31. The molecule has 0 radical (unpaired) electrons. The summed E-state index contributed by atoms with van der Waals surface area (Å²) >= 11 is 7.17. The van der Waals surface area contributed by atoms with Crippen LogP contribution in [-0.2, 0) is 14.3 Å². The molecule has 0 aromatic heterocycles. The highest BCUT2D eigenvalue weighted by Gasteiger charge is 2.52. The smallest absolute Gasteiger partial charge is 0.338 e. The predicted molar refractivity (Wildman–Crippen MR) is 139 cm³/mol. The molecule has 0 bridgehead atoms. The van der Waals surface area contributed by atoms with Crippen molar-refractivity contribution in [2.45, 2.75) is 22.5 Å². The van der Waals surface area contributed by atoms with Crippen LogP contribution in [0.5, 0.6) is 0 Å². The van der Waals surface area contributed by atoms with Gasteiger partial charge in [-0.15, -0.1) is 0 Å². The van der Waals surface area contributed by atoms with Crippen molar-refractivity contribution in [1.82, 2.24) is 0 Å². The van der Waals surface area contributed by atoms with Crippen molar-refractivity contribution < 1.29 is 23.9 Å². The molecule has 2 amide bonds. The summed E-state index contributed by atoms with van der Waals surface area (Å²) in [5.41, 5.74) is 1.13. The minimum Gasteiger partial charge on any atom is -0.454 e. The molecule has 2 aliphatic rings. The number of hydrogen-bond acceptors (Lipinski definition) is 5. The second-order valence-electron chi connectivity index (χ2n) is 8.84. The van der Waals surface area contributed by atoms with Gasteiger partial charge in [0.05, 0.1) is 23.1 Å². The number of esters is 1. The normalized spacial score (nSPS) is 23.9. The number of rotatable bonds is 5. The summed E-state index contributed by atoms with van der Waals surface area (Å²) < 4.78 is 5.22. The molecule has 1 aliphatic heterocycles. The van der Waals surface area contributed by atoms with Crippen LogP contribution in [0.2, 0.25) is 0 Å². The van der Waals surface area contributed by atoms with E-state index in [1.807, 2.05) is 30.3 Å². The first-order chi connectivity index (χ1) is 16.8. The molecule has 6 nitrogen and oxygen atoms in total. The van der Waals surface area contributed by atoms with E-state index in [1.165, 1.54) is 17.0 Å². The number of halogens is 2. The van der Waals surface area contributed by atoms with Crippen LogP contribution < -0.4 is 4.90 Å². The van der Waals surface area contributed by atoms with E-state index in [9.17, 15) is 19.2 Å². The zero-order valence-corrected chi connectivity index (χ0v) is 21.7. The lowest BCUT2D eigenvalue weighted by atomic mass is 9.81. The van der Waals surface area contributed by atoms with E-state index >= 15 is 0 Å². The van der Waals surface area contributed by atoms with E-state index in [2.05, 4.69) is 31.9 Å². The molecule has 0 spiro atoms. The summed E-state index contributed by atoms with van der Waals surface area (Å²) in [7, 11) is 0. The van der Waals surface area contributed by atoms with E-state index in [1.54, 1.807) is 24.3 Å². The van der Waals surface area contributed by atoms with Gasteiger partial charge >= 0.3 is 5.97 Å². The third-order valence-corrected chi connectivity index (χ3v) is 9.41. The number of anilines is 1. The lowest BCUT2D eigenvalue weighted by Crippen LogP contribution is -2.34. The second kappa shape index (κ2) is 9.66. The molecular formula is C27H21Br2NO5. The van der Waals surface area contributed by atoms with Crippen molar-refractivity contribution in [3.63, 3.8) is 0 Å². The SMILES string of the molecule is O=C(COC(=O)c1ccc(N2C(=O)[C@H]3C[C@@H](Br)[C@H](Br)C[C@H]3C2=O)cc1)c1ccc2ccccc2c1. The molecule has 1 heterocycles. The monoisotopic (exact) mass is 597 g/mol. The van der Waals surface area contributed by atoms with E-state index in [0.29, 0.717) is 24.1 Å². The molecular weight excluding hydrogens is 578 g/mol. The summed E-state index contributed by atoms with van der Waals surface area (Å²) in [5, 5.41) is 1.96. The maximum Gasteiger partial charge on any atom is 0.338 e. The molecule has 1 saturated carbocycles. The van der Waals surface area contributed by atoms with E-state index < -0.39 is 5.97 Å². The van der Waals surface area contributed by atoms with Crippen LogP contribution in [0.4, 0.5) is 5.69 Å². The summed E-state index contributed by atoms with van der Waals surface area (Å²) in [6, 6.07) is 19.2. The van der Waals surface area contributed by atoms with Gasteiger partial charge in [0.25, 0.3) is 0 Å². The third kappa shape index (κ3) is 4.57. The number of ether oxygens (including phenoxy) is 1. The molecule has 0 N–H and O–H groups in total. The van der Waals surface area contributed by atoms with Crippen molar-refractivity contribution in [2.24, 2.45) is 11.8 Å². The molecule has 2 fully saturated rings. The van der Waals surface area contributed by atoms with Gasteiger partial charge in [0.15, 0.2) is 12.4 Å². The fourth-order valence-electron chi connectivity index (χ4n) is 4.76. The van der Waals surface area contributed by atoms with Crippen molar-refractivity contribution in [2.75, 3.05) is 11.5 Å². The molecule has 178 valence electrons. The van der Waals surface area contributed by atoms with Crippen LogP contribution >= 0.6 is 31.9 Å². The van der Waals surface area contributed by atoms with E-state index in [4.69, 9.17) is 4.74 Å². The molecule has 1 aliphatic carbocycles. The largest absolute Gasteiger partial charge is 0.454 e. The molecule has 3 aromatic carbocycles. The van der Waals surface area contributed by atoms with Crippen molar-refractivity contribution in [3.8, 4) is 0 Å². The first-order valence-electron chi connectivity index (χ1n) is 11.3. The molecule has 8 heteroatoms. The van der Waals surface area contributed by atoms with Gasteiger partial charge < -0.3 is 4.74 Å². The fourth-order valence-corrected chi connectivity index (χ4v) is 5.99. The Bertz CT molecular complexity index is 1310. The first-order valence-corrected chi connectivity index (χ1v) is 13.1. The highest BCUT2D eigenvalue weighted by Crippen LogP contribution is 2.44. The van der Waals surface area contributed by atoms with Crippen LogP contribution in [0.3, 0.4) is 0 Å². The van der Waals surface area contributed by atoms with Gasteiger partial charge in [0, 0.05) is 15.2 Å².